The Hall–Kier alpha value is -1.36. The summed E-state index contributed by atoms with van der Waals surface area (Å²) in [6, 6.07) is 0. The van der Waals surface area contributed by atoms with Gasteiger partial charge in [-0.15, -0.1) is 0 Å². The first-order valence-electron chi connectivity index (χ1n) is 9.07. The minimum Gasteiger partial charge on any atom is -0.550 e. The van der Waals surface area contributed by atoms with Crippen LogP contribution in [0.1, 0.15) is 45.4 Å². The van der Waals surface area contributed by atoms with Crippen molar-refractivity contribution in [3.63, 3.8) is 0 Å². The highest BCUT2D eigenvalue weighted by atomic mass is 16.6. The van der Waals surface area contributed by atoms with Gasteiger partial charge in [0.1, 0.15) is 5.60 Å². The Morgan fingerprint density at radius 3 is 2.83 bits per heavy atom. The molecular weight excluding hydrogens is 308 g/mol. The SMILES string of the molecule is C=C1C[C@]23C[C@H]1CC[C@H]2[C@@]12CC[C@H](O)[C@](C)(C(=O)O1)[C@H]2[C@@H]3C(=O)[O-]. The molecule has 0 amide bonds. The molecule has 5 nitrogen and oxygen atoms in total. The number of carboxylic acid groups (broad SMARTS) is 1. The van der Waals surface area contributed by atoms with Gasteiger partial charge < -0.3 is 19.7 Å². The third-order valence-electron chi connectivity index (χ3n) is 8.45. The van der Waals surface area contributed by atoms with Crippen molar-refractivity contribution in [1.29, 1.82) is 0 Å². The number of aliphatic hydroxyl groups is 1. The quantitative estimate of drug-likeness (QED) is 0.567. The van der Waals surface area contributed by atoms with E-state index in [9.17, 15) is 19.8 Å². The Labute approximate surface area is 141 Å². The van der Waals surface area contributed by atoms with Crippen LogP contribution in [0.15, 0.2) is 12.2 Å². The van der Waals surface area contributed by atoms with Gasteiger partial charge in [0.15, 0.2) is 0 Å². The smallest absolute Gasteiger partial charge is 0.315 e. The first kappa shape index (κ1) is 14.9. The maximum atomic E-state index is 12.7. The summed E-state index contributed by atoms with van der Waals surface area (Å²) in [5.41, 5.74) is -1.12. The lowest BCUT2D eigenvalue weighted by Gasteiger charge is -2.44. The normalized spacial score (nSPS) is 57.5. The molecular formula is C19H23O5-. The van der Waals surface area contributed by atoms with E-state index in [-0.39, 0.29) is 5.92 Å². The van der Waals surface area contributed by atoms with E-state index in [2.05, 4.69) is 6.58 Å². The van der Waals surface area contributed by atoms with Crippen LogP contribution in [0, 0.1) is 34.5 Å². The number of esters is 1. The van der Waals surface area contributed by atoms with Crippen LogP contribution in [0.4, 0.5) is 0 Å². The standard InChI is InChI=1S/C19H24O5/c1-9-7-18-8-10(9)3-4-11(18)19-6-5-12(20)17(2,16(23)24-19)14(19)13(18)15(21)22/h10-14,20H,1,3-8H2,2H3,(H,21,22)/p-1/t10-,11-,12+,13-,14-,17+,18+,19-/m1/s1. The topological polar surface area (TPSA) is 86.7 Å². The molecule has 1 aliphatic heterocycles. The fourth-order valence-corrected chi connectivity index (χ4v) is 7.64. The summed E-state index contributed by atoms with van der Waals surface area (Å²) in [6.07, 6.45) is 3.60. The maximum Gasteiger partial charge on any atom is 0.315 e. The third-order valence-corrected chi connectivity index (χ3v) is 8.45. The molecule has 0 radical (unpaired) electrons. The number of carboxylic acids is 1. The highest BCUT2D eigenvalue weighted by Crippen LogP contribution is 2.77. The van der Waals surface area contributed by atoms with Crippen molar-refractivity contribution < 1.29 is 24.5 Å². The summed E-state index contributed by atoms with van der Waals surface area (Å²) in [6.45, 7) is 5.90. The summed E-state index contributed by atoms with van der Waals surface area (Å²) < 4.78 is 5.98. The molecule has 1 saturated heterocycles. The predicted octanol–water partition coefficient (Wildman–Crippen LogP) is 0.801. The summed E-state index contributed by atoms with van der Waals surface area (Å²) in [4.78, 5) is 25.0. The molecule has 4 saturated carbocycles. The summed E-state index contributed by atoms with van der Waals surface area (Å²) in [5.74, 6) is -2.30. The van der Waals surface area contributed by atoms with Crippen LogP contribution in [0.25, 0.3) is 0 Å². The number of carbonyl (C=O) groups is 2. The Balaban J connectivity index is 1.76. The highest BCUT2D eigenvalue weighted by Gasteiger charge is 2.81. The van der Waals surface area contributed by atoms with Gasteiger partial charge in [0, 0.05) is 23.7 Å². The Morgan fingerprint density at radius 2 is 2.12 bits per heavy atom. The number of fused-ring (bicyclic) bond motifs is 1. The number of hydrogen-bond donors (Lipinski definition) is 1. The number of allylic oxidation sites excluding steroid dienone is 1. The van der Waals surface area contributed by atoms with Crippen LogP contribution >= 0.6 is 0 Å². The minimum absolute atomic E-state index is 0.0478. The second-order valence-corrected chi connectivity index (χ2v) is 9.06. The van der Waals surface area contributed by atoms with Gasteiger partial charge in [-0.05, 0) is 56.8 Å². The van der Waals surface area contributed by atoms with Crippen molar-refractivity contribution in [1.82, 2.24) is 0 Å². The summed E-state index contributed by atoms with van der Waals surface area (Å²) in [7, 11) is 0. The first-order chi connectivity index (χ1) is 11.3. The van der Waals surface area contributed by atoms with E-state index in [0.717, 1.165) is 24.8 Å². The molecule has 0 aromatic rings. The summed E-state index contributed by atoms with van der Waals surface area (Å²) in [5, 5.41) is 22.9. The number of rotatable bonds is 1. The lowest BCUT2D eigenvalue weighted by Crippen LogP contribution is -2.54. The van der Waals surface area contributed by atoms with Gasteiger partial charge in [0.05, 0.1) is 11.5 Å². The van der Waals surface area contributed by atoms with E-state index >= 15 is 0 Å². The van der Waals surface area contributed by atoms with Crippen LogP contribution in [0.3, 0.4) is 0 Å². The van der Waals surface area contributed by atoms with Crippen molar-refractivity contribution in [2.45, 2.75) is 57.2 Å². The van der Waals surface area contributed by atoms with Crippen molar-refractivity contribution in [3.05, 3.63) is 12.2 Å². The summed E-state index contributed by atoms with van der Waals surface area (Å²) >= 11 is 0. The molecule has 0 unspecified atom stereocenters. The average molecular weight is 331 g/mol. The first-order valence-corrected chi connectivity index (χ1v) is 9.07. The van der Waals surface area contributed by atoms with E-state index in [4.69, 9.17) is 4.74 Å². The van der Waals surface area contributed by atoms with Crippen LogP contribution < -0.4 is 5.11 Å². The van der Waals surface area contributed by atoms with Gasteiger partial charge >= 0.3 is 5.97 Å². The molecule has 4 bridgehead atoms. The second-order valence-electron chi connectivity index (χ2n) is 9.06. The number of carbonyl (C=O) groups excluding carboxylic acids is 2. The lowest BCUT2D eigenvalue weighted by atomic mass is 9.59. The molecule has 0 aromatic heterocycles. The number of ether oxygens (including phenoxy) is 1. The zero-order valence-electron chi connectivity index (χ0n) is 13.9. The average Bonchev–Trinajstić information content (AvgIpc) is 2.98. The van der Waals surface area contributed by atoms with Gasteiger partial charge in [0.25, 0.3) is 0 Å². The zero-order valence-corrected chi connectivity index (χ0v) is 13.9. The fraction of sp³-hybridized carbons (Fsp3) is 0.789. The van der Waals surface area contributed by atoms with Crippen molar-refractivity contribution >= 4 is 11.9 Å². The lowest BCUT2D eigenvalue weighted by molar-refractivity contribution is -0.318. The van der Waals surface area contributed by atoms with Crippen LogP contribution in [-0.4, -0.2) is 28.8 Å². The molecule has 24 heavy (non-hydrogen) atoms. The zero-order chi connectivity index (χ0) is 17.1. The monoisotopic (exact) mass is 331 g/mol. The predicted molar refractivity (Wildman–Crippen MR) is 81.2 cm³/mol. The number of hydrogen-bond acceptors (Lipinski definition) is 5. The van der Waals surface area contributed by atoms with Gasteiger partial charge in [-0.25, -0.2) is 0 Å². The fourth-order valence-electron chi connectivity index (χ4n) is 7.64. The van der Waals surface area contributed by atoms with Crippen LogP contribution in [-0.2, 0) is 14.3 Å². The van der Waals surface area contributed by atoms with E-state index in [1.807, 2.05) is 0 Å². The molecule has 4 aliphatic carbocycles. The molecule has 5 fully saturated rings. The van der Waals surface area contributed by atoms with E-state index in [1.165, 1.54) is 0 Å². The molecule has 5 aliphatic rings. The van der Waals surface area contributed by atoms with Gasteiger partial charge in [-0.3, -0.25) is 4.79 Å². The Kier molecular flexibility index (Phi) is 2.53. The van der Waals surface area contributed by atoms with Crippen molar-refractivity contribution in [2.24, 2.45) is 34.5 Å². The highest BCUT2D eigenvalue weighted by molar-refractivity contribution is 5.85. The Bertz CT molecular complexity index is 685. The molecule has 1 spiro atoms. The van der Waals surface area contributed by atoms with Crippen molar-refractivity contribution in [3.8, 4) is 0 Å². The molecule has 8 atom stereocenters. The van der Waals surface area contributed by atoms with Gasteiger partial charge in [0.2, 0.25) is 0 Å². The largest absolute Gasteiger partial charge is 0.550 e. The van der Waals surface area contributed by atoms with Gasteiger partial charge in [-0.1, -0.05) is 12.2 Å². The van der Waals surface area contributed by atoms with Crippen LogP contribution in [0.2, 0.25) is 0 Å². The maximum absolute atomic E-state index is 12.7. The molecule has 5 rings (SSSR count). The van der Waals surface area contributed by atoms with Gasteiger partial charge in [-0.2, -0.15) is 0 Å². The van der Waals surface area contributed by atoms with E-state index in [0.29, 0.717) is 25.2 Å². The molecule has 1 heterocycles. The molecule has 1 N–H and O–H groups in total. The second kappa shape index (κ2) is 4.06. The van der Waals surface area contributed by atoms with E-state index in [1.54, 1.807) is 6.92 Å². The number of aliphatic hydroxyl groups excluding tert-OH is 1. The third kappa shape index (κ3) is 1.29. The van der Waals surface area contributed by atoms with Crippen LogP contribution in [0.5, 0.6) is 0 Å². The Morgan fingerprint density at radius 1 is 1.38 bits per heavy atom. The molecule has 130 valence electrons. The molecule has 0 aromatic carbocycles. The molecule has 5 heteroatoms. The van der Waals surface area contributed by atoms with E-state index < -0.39 is 46.3 Å². The minimum atomic E-state index is -1.13. The number of aliphatic carboxylic acids is 1. The van der Waals surface area contributed by atoms with Crippen molar-refractivity contribution in [2.75, 3.05) is 0 Å².